The van der Waals surface area contributed by atoms with E-state index in [9.17, 15) is 19.1 Å². The fourth-order valence-electron chi connectivity index (χ4n) is 2.01. The standard InChI is InChI=1S/C17H16FNO4/c18-14-8-4-7-13(9-14)10-15(16(20)21)19-17(22)23-11-12-5-2-1-3-6-12/h1-9,15H,10-11H2,(H,19,22)(H,20,21). The normalized spacial score (nSPS) is 11.5. The number of carboxylic acid groups (broad SMARTS) is 1. The Morgan fingerprint density at radius 3 is 2.43 bits per heavy atom. The fraction of sp³-hybridized carbons (Fsp3) is 0.176. The summed E-state index contributed by atoms with van der Waals surface area (Å²) in [6.07, 6.45) is -0.870. The second-order valence-corrected chi connectivity index (χ2v) is 4.93. The minimum absolute atomic E-state index is 0.0342. The van der Waals surface area contributed by atoms with E-state index < -0.39 is 23.9 Å². The van der Waals surface area contributed by atoms with Crippen LogP contribution >= 0.6 is 0 Å². The van der Waals surface area contributed by atoms with Crippen molar-refractivity contribution in [3.8, 4) is 0 Å². The summed E-state index contributed by atoms with van der Waals surface area (Å²) in [4.78, 5) is 23.0. The molecule has 0 spiro atoms. The van der Waals surface area contributed by atoms with Gasteiger partial charge in [0.2, 0.25) is 0 Å². The van der Waals surface area contributed by atoms with Crippen LogP contribution in [0.25, 0.3) is 0 Å². The van der Waals surface area contributed by atoms with Gasteiger partial charge in [0.25, 0.3) is 0 Å². The first-order chi connectivity index (χ1) is 11.0. The Morgan fingerprint density at radius 1 is 1.09 bits per heavy atom. The number of nitrogens with one attached hydrogen (secondary N) is 1. The molecule has 1 unspecified atom stereocenters. The zero-order chi connectivity index (χ0) is 16.7. The van der Waals surface area contributed by atoms with Crippen molar-refractivity contribution in [3.63, 3.8) is 0 Å². The number of rotatable bonds is 6. The number of ether oxygens (including phenoxy) is 1. The highest BCUT2D eigenvalue weighted by Gasteiger charge is 2.21. The van der Waals surface area contributed by atoms with Crippen molar-refractivity contribution < 1.29 is 23.8 Å². The maximum Gasteiger partial charge on any atom is 0.408 e. The molecule has 0 aliphatic heterocycles. The van der Waals surface area contributed by atoms with Crippen LogP contribution < -0.4 is 5.32 Å². The number of carboxylic acids is 1. The average molecular weight is 317 g/mol. The summed E-state index contributed by atoms with van der Waals surface area (Å²) in [5, 5.41) is 11.4. The molecule has 0 heterocycles. The summed E-state index contributed by atoms with van der Waals surface area (Å²) >= 11 is 0. The second-order valence-electron chi connectivity index (χ2n) is 4.93. The van der Waals surface area contributed by atoms with Crippen molar-refractivity contribution >= 4 is 12.1 Å². The lowest BCUT2D eigenvalue weighted by Gasteiger charge is -2.14. The van der Waals surface area contributed by atoms with E-state index in [0.717, 1.165) is 5.56 Å². The molecule has 120 valence electrons. The molecule has 2 rings (SSSR count). The lowest BCUT2D eigenvalue weighted by Crippen LogP contribution is -2.42. The highest BCUT2D eigenvalue weighted by Crippen LogP contribution is 2.07. The Labute approximate surface area is 132 Å². The van der Waals surface area contributed by atoms with Gasteiger partial charge in [-0.3, -0.25) is 0 Å². The van der Waals surface area contributed by atoms with Crippen LogP contribution in [0.2, 0.25) is 0 Å². The summed E-state index contributed by atoms with van der Waals surface area (Å²) in [6.45, 7) is 0.0407. The van der Waals surface area contributed by atoms with E-state index in [-0.39, 0.29) is 13.0 Å². The fourth-order valence-corrected chi connectivity index (χ4v) is 2.01. The number of amides is 1. The van der Waals surface area contributed by atoms with Crippen molar-refractivity contribution in [2.45, 2.75) is 19.1 Å². The molecule has 0 bridgehead atoms. The molecule has 2 aromatic carbocycles. The number of carbonyl (C=O) groups is 2. The molecule has 0 saturated heterocycles. The molecule has 23 heavy (non-hydrogen) atoms. The van der Waals surface area contributed by atoms with Gasteiger partial charge in [-0.2, -0.15) is 0 Å². The van der Waals surface area contributed by atoms with E-state index in [1.807, 2.05) is 6.07 Å². The van der Waals surface area contributed by atoms with Crippen LogP contribution in [0, 0.1) is 5.82 Å². The van der Waals surface area contributed by atoms with E-state index >= 15 is 0 Å². The van der Waals surface area contributed by atoms with Crippen LogP contribution in [0.4, 0.5) is 9.18 Å². The number of benzene rings is 2. The van der Waals surface area contributed by atoms with E-state index in [1.165, 1.54) is 18.2 Å². The maximum atomic E-state index is 13.1. The van der Waals surface area contributed by atoms with Gasteiger partial charge in [-0.15, -0.1) is 0 Å². The summed E-state index contributed by atoms with van der Waals surface area (Å²) in [5.74, 6) is -1.68. The van der Waals surface area contributed by atoms with Gasteiger partial charge in [0.15, 0.2) is 0 Å². The first-order valence-corrected chi connectivity index (χ1v) is 6.99. The van der Waals surface area contributed by atoms with E-state index in [2.05, 4.69) is 5.32 Å². The van der Waals surface area contributed by atoms with Crippen LogP contribution in [-0.2, 0) is 22.6 Å². The minimum Gasteiger partial charge on any atom is -0.480 e. The van der Waals surface area contributed by atoms with Gasteiger partial charge in [0, 0.05) is 6.42 Å². The van der Waals surface area contributed by atoms with Crippen LogP contribution in [0.15, 0.2) is 54.6 Å². The maximum absolute atomic E-state index is 13.1. The molecule has 2 N–H and O–H groups in total. The third-order valence-corrected chi connectivity index (χ3v) is 3.13. The highest BCUT2D eigenvalue weighted by atomic mass is 19.1. The second kappa shape index (κ2) is 7.93. The predicted molar refractivity (Wildman–Crippen MR) is 81.3 cm³/mol. The molecule has 0 aliphatic rings. The number of hydrogen-bond acceptors (Lipinski definition) is 3. The Balaban J connectivity index is 1.91. The zero-order valence-corrected chi connectivity index (χ0v) is 12.2. The van der Waals surface area contributed by atoms with E-state index in [1.54, 1.807) is 30.3 Å². The molecule has 0 fully saturated rings. The Bertz CT molecular complexity index is 675. The van der Waals surface area contributed by atoms with Crippen LogP contribution in [0.5, 0.6) is 0 Å². The first kappa shape index (κ1) is 16.5. The Morgan fingerprint density at radius 2 is 1.78 bits per heavy atom. The molecule has 5 nitrogen and oxygen atoms in total. The Hall–Kier alpha value is -2.89. The van der Waals surface area contributed by atoms with Gasteiger partial charge in [0.05, 0.1) is 0 Å². The van der Waals surface area contributed by atoms with Gasteiger partial charge in [0.1, 0.15) is 18.5 Å². The van der Waals surface area contributed by atoms with Crippen molar-refractivity contribution in [1.29, 1.82) is 0 Å². The number of carbonyl (C=O) groups excluding carboxylic acids is 1. The van der Waals surface area contributed by atoms with Crippen molar-refractivity contribution in [1.82, 2.24) is 5.32 Å². The smallest absolute Gasteiger partial charge is 0.408 e. The van der Waals surface area contributed by atoms with Gasteiger partial charge in [-0.1, -0.05) is 42.5 Å². The predicted octanol–water partition coefficient (Wildman–Crippen LogP) is 2.75. The molecular weight excluding hydrogens is 301 g/mol. The monoisotopic (exact) mass is 317 g/mol. The van der Waals surface area contributed by atoms with Crippen molar-refractivity contribution in [2.24, 2.45) is 0 Å². The van der Waals surface area contributed by atoms with Gasteiger partial charge >= 0.3 is 12.1 Å². The third-order valence-electron chi connectivity index (χ3n) is 3.13. The van der Waals surface area contributed by atoms with Crippen LogP contribution in [0.1, 0.15) is 11.1 Å². The molecular formula is C17H16FNO4. The molecule has 0 aromatic heterocycles. The highest BCUT2D eigenvalue weighted by molar-refractivity contribution is 5.80. The van der Waals surface area contributed by atoms with Gasteiger partial charge in [-0.05, 0) is 23.3 Å². The largest absolute Gasteiger partial charge is 0.480 e. The van der Waals surface area contributed by atoms with Gasteiger partial charge < -0.3 is 15.2 Å². The molecule has 1 amide bonds. The molecule has 2 aromatic rings. The molecule has 6 heteroatoms. The zero-order valence-electron chi connectivity index (χ0n) is 12.2. The van der Waals surface area contributed by atoms with Gasteiger partial charge in [-0.25, -0.2) is 14.0 Å². The number of aliphatic carboxylic acids is 1. The van der Waals surface area contributed by atoms with E-state index in [4.69, 9.17) is 4.74 Å². The molecule has 1 atom stereocenters. The summed E-state index contributed by atoms with van der Waals surface area (Å²) in [5.41, 5.74) is 1.26. The topological polar surface area (TPSA) is 75.6 Å². The number of hydrogen-bond donors (Lipinski definition) is 2. The number of halogens is 1. The summed E-state index contributed by atoms with van der Waals surface area (Å²) < 4.78 is 18.1. The summed E-state index contributed by atoms with van der Waals surface area (Å²) in [7, 11) is 0. The van der Waals surface area contributed by atoms with Crippen molar-refractivity contribution in [3.05, 3.63) is 71.5 Å². The molecule has 0 saturated carbocycles. The lowest BCUT2D eigenvalue weighted by molar-refractivity contribution is -0.139. The minimum atomic E-state index is -1.22. The van der Waals surface area contributed by atoms with Crippen LogP contribution in [0.3, 0.4) is 0 Å². The van der Waals surface area contributed by atoms with E-state index in [0.29, 0.717) is 5.56 Å². The number of alkyl carbamates (subject to hydrolysis) is 1. The quantitative estimate of drug-likeness (QED) is 0.859. The third kappa shape index (κ3) is 5.43. The molecule has 0 aliphatic carbocycles. The van der Waals surface area contributed by atoms with Crippen molar-refractivity contribution in [2.75, 3.05) is 0 Å². The average Bonchev–Trinajstić information content (AvgIpc) is 2.53. The lowest BCUT2D eigenvalue weighted by atomic mass is 10.1. The summed E-state index contributed by atoms with van der Waals surface area (Å²) in [6, 6.07) is 13.4. The first-order valence-electron chi connectivity index (χ1n) is 6.99. The van der Waals surface area contributed by atoms with Crippen LogP contribution in [-0.4, -0.2) is 23.2 Å². The Kier molecular flexibility index (Phi) is 5.68. The molecule has 0 radical (unpaired) electrons. The SMILES string of the molecule is O=C(NC(Cc1cccc(F)c1)C(=O)O)OCc1ccccc1.